The Labute approximate surface area is 496 Å². The molecule has 5 heterocycles. The van der Waals surface area contributed by atoms with Gasteiger partial charge in [0.05, 0.1) is 0 Å². The number of rotatable bonds is 8. The summed E-state index contributed by atoms with van der Waals surface area (Å²) in [7, 11) is -1.85. The van der Waals surface area contributed by atoms with Crippen LogP contribution in [0.4, 0.5) is 22.7 Å². The zero-order valence-electron chi connectivity index (χ0n) is 49.9. The molecule has 9 aromatic rings. The van der Waals surface area contributed by atoms with E-state index in [4.69, 9.17) is 28.4 Å². The molecule has 0 spiro atoms. The van der Waals surface area contributed by atoms with Crippen LogP contribution >= 0.6 is 0 Å². The molecule has 0 radical (unpaired) electrons. The first-order valence-electron chi connectivity index (χ1n) is 28.1. The topological polar surface area (TPSA) is 74.1 Å². The van der Waals surface area contributed by atoms with Crippen LogP contribution in [0.1, 0.15) is 126 Å². The fourth-order valence-corrected chi connectivity index (χ4v) is 10.6. The standard InChI is InChI=1S/C68H73B3N5O4.Pt/c1-44-61(77-52-30-31-54-55-37-46(45-23-18-17-19-24-45)29-32-57(55)76(60(54)41-52)62-39-48(33-34-72-62)64(2,3)4)40-51(42-73-44)74-43-75(59-28-21-20-27-58(59)74)63-53(47-35-49(65(5,6)7)38-50(36-47)66(8,9)10)25-22-26-56(63)69-78-70(67(11,12)13)80-71(79-69)68(14,15)16;/h17-39,42-43H,1-16H3;/q-3;. The number of para-hydroxylation sites is 3. The van der Waals surface area contributed by atoms with Gasteiger partial charge >= 0.3 is 21.4 Å². The Morgan fingerprint density at radius 1 is 0.543 bits per heavy atom. The first kappa shape index (κ1) is 57.8. The number of nitrogens with zero attached hydrogens (tertiary/aromatic N) is 5. The van der Waals surface area contributed by atoms with Crippen LogP contribution in [0.3, 0.4) is 0 Å². The van der Waals surface area contributed by atoms with Gasteiger partial charge in [0.25, 0.3) is 0 Å². The first-order valence-corrected chi connectivity index (χ1v) is 28.1. The molecule has 3 aromatic heterocycles. The van der Waals surface area contributed by atoms with E-state index in [0.717, 1.165) is 72.4 Å². The van der Waals surface area contributed by atoms with E-state index in [-0.39, 0.29) is 47.9 Å². The van der Waals surface area contributed by atoms with Crippen molar-refractivity contribution in [1.29, 1.82) is 0 Å². The predicted molar refractivity (Wildman–Crippen MR) is 333 cm³/mol. The van der Waals surface area contributed by atoms with E-state index in [0.29, 0.717) is 22.9 Å². The van der Waals surface area contributed by atoms with Crippen LogP contribution in [-0.4, -0.2) is 35.9 Å². The molecule has 13 heteroatoms. The summed E-state index contributed by atoms with van der Waals surface area (Å²) in [5, 5.41) is 1.47. The molecule has 0 atom stereocenters. The average Bonchev–Trinajstić information content (AvgIpc) is 4.20. The fourth-order valence-electron chi connectivity index (χ4n) is 10.6. The molecule has 6 aromatic carbocycles. The Morgan fingerprint density at radius 3 is 1.80 bits per heavy atom. The average molecular weight is 1250 g/mol. The van der Waals surface area contributed by atoms with Crippen LogP contribution in [0.25, 0.3) is 49.9 Å². The number of anilines is 4. The van der Waals surface area contributed by atoms with E-state index in [1.165, 1.54) is 16.7 Å². The minimum absolute atomic E-state index is 0. The number of aryl methyl sites for hydroxylation is 1. The molecule has 2 aliphatic heterocycles. The van der Waals surface area contributed by atoms with Crippen molar-refractivity contribution < 1.29 is 39.5 Å². The second-order valence-electron chi connectivity index (χ2n) is 27.0. The number of hydrogen-bond donors (Lipinski definition) is 0. The van der Waals surface area contributed by atoms with Gasteiger partial charge < -0.3 is 37.8 Å². The van der Waals surface area contributed by atoms with Gasteiger partial charge in [-0.15, -0.1) is 30.3 Å². The van der Waals surface area contributed by atoms with Gasteiger partial charge in [0, 0.05) is 72.4 Å². The number of aromatic nitrogens is 3. The monoisotopic (exact) mass is 1250 g/mol. The second kappa shape index (κ2) is 21.4. The molecule has 0 unspecified atom stereocenters. The van der Waals surface area contributed by atoms with Crippen molar-refractivity contribution in [3.8, 4) is 39.6 Å². The summed E-state index contributed by atoms with van der Waals surface area (Å²) in [5.74, 6) is 1.84. The molecule has 2 aliphatic rings. The Hall–Kier alpha value is -6.42. The molecular formula is C68H73B3N5O4Pt-3. The molecule has 11 rings (SSSR count). The van der Waals surface area contributed by atoms with E-state index >= 15 is 0 Å². The van der Waals surface area contributed by atoms with E-state index in [9.17, 15) is 0 Å². The third kappa shape index (κ3) is 11.4. The van der Waals surface area contributed by atoms with Gasteiger partial charge in [0.2, 0.25) is 0 Å². The van der Waals surface area contributed by atoms with Gasteiger partial charge in [-0.3, -0.25) is 0 Å². The number of pyridine rings is 2. The van der Waals surface area contributed by atoms with Gasteiger partial charge in [-0.1, -0.05) is 219 Å². The molecule has 416 valence electrons. The van der Waals surface area contributed by atoms with Crippen molar-refractivity contribution >= 4 is 71.4 Å². The van der Waals surface area contributed by atoms with Gasteiger partial charge in [-0.2, -0.15) is 6.07 Å². The largest absolute Gasteiger partial charge is 0.507 e. The zero-order chi connectivity index (χ0) is 56.8. The van der Waals surface area contributed by atoms with Crippen LogP contribution in [0, 0.1) is 25.7 Å². The molecule has 0 bridgehead atoms. The SMILES string of the molecule is Cc1ncc(N2[CH-]N(c3c(B4OB(C(C)(C)C)OB(C(C)(C)C)O4)cccc3-c3cc(C(C)(C)C)cc(C(C)(C)C)c3)c3ccccc32)[c-]c1Oc1[c-]c2c(cc1)c1cc(-c3ccccc3)ccc1n2-c1cc(C(C)(C)C)ccn1.[Pt]. The van der Waals surface area contributed by atoms with Crippen LogP contribution in [-0.2, 0) is 51.0 Å². The Balaban J connectivity index is 0.00000736. The van der Waals surface area contributed by atoms with Crippen molar-refractivity contribution in [3.05, 3.63) is 187 Å². The summed E-state index contributed by atoms with van der Waals surface area (Å²) in [6.45, 7) is 37.4. The van der Waals surface area contributed by atoms with E-state index in [2.05, 4.69) is 264 Å². The van der Waals surface area contributed by atoms with Crippen molar-refractivity contribution in [3.63, 3.8) is 0 Å². The minimum Gasteiger partial charge on any atom is -0.507 e. The summed E-state index contributed by atoms with van der Waals surface area (Å²) in [5.41, 5.74) is 14.9. The summed E-state index contributed by atoms with van der Waals surface area (Å²) < 4.78 is 29.7. The van der Waals surface area contributed by atoms with Gasteiger partial charge in [0.1, 0.15) is 5.82 Å². The predicted octanol–water partition coefficient (Wildman–Crippen LogP) is 17.2. The van der Waals surface area contributed by atoms with E-state index in [1.807, 2.05) is 25.4 Å². The molecule has 81 heavy (non-hydrogen) atoms. The maximum Gasteiger partial charge on any atom is 0.468 e. The van der Waals surface area contributed by atoms with Gasteiger partial charge in [0.15, 0.2) is 0 Å². The van der Waals surface area contributed by atoms with Crippen LogP contribution < -0.4 is 20.0 Å². The molecule has 1 fully saturated rings. The number of hydrogen-bond acceptors (Lipinski definition) is 8. The molecular weight excluding hydrogens is 1180 g/mol. The normalized spacial score (nSPS) is 14.5. The van der Waals surface area contributed by atoms with Gasteiger partial charge in [-0.05, 0) is 102 Å². The Kier molecular flexibility index (Phi) is 15.3. The maximum atomic E-state index is 6.97. The molecule has 0 aliphatic carbocycles. The fraction of sp³-hybridized carbons (Fsp3) is 0.309. The van der Waals surface area contributed by atoms with Crippen molar-refractivity contribution in [1.82, 2.24) is 14.5 Å². The van der Waals surface area contributed by atoms with Crippen LogP contribution in [0.2, 0.25) is 10.6 Å². The number of ether oxygens (including phenoxy) is 1. The third-order valence-corrected chi connectivity index (χ3v) is 15.3. The van der Waals surface area contributed by atoms with Gasteiger partial charge in [-0.25, -0.2) is 4.98 Å². The second-order valence-corrected chi connectivity index (χ2v) is 27.0. The van der Waals surface area contributed by atoms with E-state index < -0.39 is 21.4 Å². The third-order valence-electron chi connectivity index (χ3n) is 15.3. The summed E-state index contributed by atoms with van der Waals surface area (Å²) in [6, 6.07) is 55.0. The molecule has 0 amide bonds. The van der Waals surface area contributed by atoms with Crippen molar-refractivity contribution in [2.24, 2.45) is 0 Å². The first-order chi connectivity index (χ1) is 37.7. The molecule has 9 nitrogen and oxygen atoms in total. The molecule has 0 N–H and O–H groups in total. The molecule has 0 saturated carbocycles. The number of benzene rings is 6. The van der Waals surface area contributed by atoms with Crippen LogP contribution in [0.15, 0.2) is 146 Å². The van der Waals surface area contributed by atoms with Crippen molar-refractivity contribution in [2.75, 3.05) is 9.80 Å². The number of fused-ring (bicyclic) bond motifs is 4. The zero-order valence-corrected chi connectivity index (χ0v) is 52.1. The van der Waals surface area contributed by atoms with Crippen molar-refractivity contribution in [2.45, 2.75) is 138 Å². The smallest absolute Gasteiger partial charge is 0.468 e. The van der Waals surface area contributed by atoms with E-state index in [1.54, 1.807) is 0 Å². The quantitative estimate of drug-likeness (QED) is 0.110. The minimum atomic E-state index is -0.765. The summed E-state index contributed by atoms with van der Waals surface area (Å²) in [6.07, 6.45) is 3.77. The van der Waals surface area contributed by atoms with Crippen LogP contribution in [0.5, 0.6) is 11.5 Å². The maximum absolute atomic E-state index is 6.97. The summed E-state index contributed by atoms with van der Waals surface area (Å²) >= 11 is 0. The summed E-state index contributed by atoms with van der Waals surface area (Å²) in [4.78, 5) is 14.4. The molecule has 1 saturated heterocycles. The Bertz CT molecular complexity index is 3760. The Morgan fingerprint density at radius 2 is 1.17 bits per heavy atom.